The minimum absolute atomic E-state index is 0.245. The predicted octanol–water partition coefficient (Wildman–Crippen LogP) is 6.22. The molecule has 0 saturated carbocycles. The van der Waals surface area contributed by atoms with E-state index in [9.17, 15) is 18.0 Å². The predicted molar refractivity (Wildman–Crippen MR) is 107 cm³/mol. The van der Waals surface area contributed by atoms with Gasteiger partial charge in [0.2, 0.25) is 0 Å². The highest BCUT2D eigenvalue weighted by molar-refractivity contribution is 6.30. The van der Waals surface area contributed by atoms with E-state index in [0.29, 0.717) is 0 Å². The van der Waals surface area contributed by atoms with Crippen molar-refractivity contribution in [2.45, 2.75) is 32.4 Å². The average molecular weight is 416 g/mol. The zero-order valence-corrected chi connectivity index (χ0v) is 16.8. The number of piperidine rings is 1. The number of carbonyl (C=O) groups is 1. The van der Waals surface area contributed by atoms with Crippen LogP contribution in [-0.2, 0) is 15.7 Å². The van der Waals surface area contributed by atoms with E-state index < -0.39 is 11.7 Å². The maximum Gasteiger partial charge on any atom is 0.416 e. The monoisotopic (exact) mass is 415 g/mol. The first-order valence-electron chi connectivity index (χ1n) is 8.91. The second-order valence-electron chi connectivity index (χ2n) is 6.08. The van der Waals surface area contributed by atoms with Gasteiger partial charge in [-0.3, -0.25) is 4.79 Å². The highest BCUT2D eigenvalue weighted by Crippen LogP contribution is 2.28. The maximum atomic E-state index is 11.8. The molecule has 0 unspecified atom stereocenters. The Hall–Kier alpha value is -2.21. The Labute approximate surface area is 169 Å². The Morgan fingerprint density at radius 2 is 1.46 bits per heavy atom. The van der Waals surface area contributed by atoms with E-state index in [4.69, 9.17) is 11.6 Å². The quantitative estimate of drug-likeness (QED) is 0.518. The number of hydrogen-bond donors (Lipinski definition) is 0. The van der Waals surface area contributed by atoms with Crippen LogP contribution in [0.15, 0.2) is 54.6 Å². The third-order valence-corrected chi connectivity index (χ3v) is 4.19. The van der Waals surface area contributed by atoms with E-state index >= 15 is 0 Å². The van der Waals surface area contributed by atoms with E-state index in [-0.39, 0.29) is 5.97 Å². The Bertz CT molecular complexity index is 685. The van der Waals surface area contributed by atoms with Crippen LogP contribution in [0.4, 0.5) is 18.9 Å². The number of nitrogens with zero attached hydrogens (tertiary/aromatic N) is 1. The first-order chi connectivity index (χ1) is 13.2. The largest absolute Gasteiger partial charge is 0.469 e. The molecule has 1 heterocycles. The number of carbonyl (C=O) groups excluding carboxylic acids is 1. The lowest BCUT2D eigenvalue weighted by molar-refractivity contribution is -0.138. The molecule has 0 bridgehead atoms. The Morgan fingerprint density at radius 3 is 1.86 bits per heavy atom. The molecule has 0 N–H and O–H groups in total. The van der Waals surface area contributed by atoms with Crippen LogP contribution in [-0.4, -0.2) is 26.2 Å². The highest BCUT2D eigenvalue weighted by Gasteiger charge is 2.29. The number of anilines is 1. The smallest absolute Gasteiger partial charge is 0.416 e. The number of esters is 1. The molecule has 0 aromatic heterocycles. The van der Waals surface area contributed by atoms with Crippen LogP contribution in [0, 0.1) is 0 Å². The first kappa shape index (κ1) is 23.8. The number of benzene rings is 2. The minimum atomic E-state index is -4.21. The van der Waals surface area contributed by atoms with Gasteiger partial charge in [-0.15, -0.1) is 0 Å². The molecule has 7 heteroatoms. The third-order valence-electron chi connectivity index (χ3n) is 3.94. The molecule has 3 rings (SSSR count). The minimum Gasteiger partial charge on any atom is -0.469 e. The van der Waals surface area contributed by atoms with Crippen molar-refractivity contribution in [2.75, 3.05) is 25.1 Å². The lowest BCUT2D eigenvalue weighted by Gasteiger charge is -2.28. The van der Waals surface area contributed by atoms with Gasteiger partial charge in [-0.1, -0.05) is 41.9 Å². The van der Waals surface area contributed by atoms with Crippen molar-refractivity contribution in [3.05, 3.63) is 65.2 Å². The molecule has 0 amide bonds. The highest BCUT2D eigenvalue weighted by atomic mass is 35.5. The molecular formula is C21H25ClF3NO2. The molecule has 154 valence electrons. The van der Waals surface area contributed by atoms with Crippen molar-refractivity contribution in [1.82, 2.24) is 0 Å². The van der Waals surface area contributed by atoms with Crippen LogP contribution in [0.3, 0.4) is 0 Å². The van der Waals surface area contributed by atoms with Gasteiger partial charge < -0.3 is 9.64 Å². The summed E-state index contributed by atoms with van der Waals surface area (Å²) in [5, 5.41) is 0.820. The summed E-state index contributed by atoms with van der Waals surface area (Å²) in [6.45, 7) is 3.75. The second-order valence-corrected chi connectivity index (χ2v) is 6.52. The van der Waals surface area contributed by atoms with Crippen LogP contribution in [0.2, 0.25) is 5.02 Å². The summed E-state index contributed by atoms with van der Waals surface area (Å²) in [7, 11) is 1.35. The summed E-state index contributed by atoms with van der Waals surface area (Å²) in [5.74, 6) is -0.245. The van der Waals surface area contributed by atoms with E-state index in [1.54, 1.807) is 6.07 Å². The Kier molecular flexibility index (Phi) is 10.5. The topological polar surface area (TPSA) is 29.5 Å². The number of halogens is 4. The number of hydrogen-bond acceptors (Lipinski definition) is 3. The van der Waals surface area contributed by atoms with Gasteiger partial charge in [0.25, 0.3) is 0 Å². The summed E-state index contributed by atoms with van der Waals surface area (Å²) in [6, 6.07) is 14.5. The lowest BCUT2D eigenvalue weighted by Crippen LogP contribution is -2.29. The van der Waals surface area contributed by atoms with Gasteiger partial charge in [0.1, 0.15) is 0 Å². The number of rotatable bonds is 1. The van der Waals surface area contributed by atoms with Crippen LogP contribution in [0.1, 0.15) is 31.7 Å². The summed E-state index contributed by atoms with van der Waals surface area (Å²) < 4.78 is 39.5. The van der Waals surface area contributed by atoms with Crippen molar-refractivity contribution < 1.29 is 22.7 Å². The van der Waals surface area contributed by atoms with Gasteiger partial charge in [-0.2, -0.15) is 13.2 Å². The van der Waals surface area contributed by atoms with Gasteiger partial charge in [0.15, 0.2) is 0 Å². The molecule has 0 aliphatic carbocycles. The number of alkyl halides is 3. The molecule has 1 aliphatic rings. The Balaban J connectivity index is 0.000000233. The fraction of sp³-hybridized carbons (Fsp3) is 0.381. The fourth-order valence-corrected chi connectivity index (χ4v) is 2.56. The fourth-order valence-electron chi connectivity index (χ4n) is 2.43. The molecule has 2 aromatic carbocycles. The zero-order chi connectivity index (χ0) is 21.0. The summed E-state index contributed by atoms with van der Waals surface area (Å²) in [6.07, 6.45) is -0.184. The standard InChI is InChI=1S/C11H14ClN.C7H5F3.C3H6O2/c12-10-4-6-11(7-5-10)13-8-2-1-3-9-13;8-7(9,10)6-4-2-1-3-5-6;1-3(4)5-2/h4-7H,1-3,8-9H2;1-5H;1-2H3. The van der Waals surface area contributed by atoms with Crippen LogP contribution < -0.4 is 4.90 Å². The van der Waals surface area contributed by atoms with E-state index in [1.807, 2.05) is 12.1 Å². The molecular weight excluding hydrogens is 391 g/mol. The molecule has 1 fully saturated rings. The third kappa shape index (κ3) is 9.65. The van der Waals surface area contributed by atoms with Gasteiger partial charge in [-0.05, 0) is 43.5 Å². The van der Waals surface area contributed by atoms with Crippen LogP contribution in [0.5, 0.6) is 0 Å². The lowest BCUT2D eigenvalue weighted by atomic mass is 10.1. The van der Waals surface area contributed by atoms with Crippen molar-refractivity contribution in [3.63, 3.8) is 0 Å². The molecule has 1 aliphatic heterocycles. The molecule has 0 radical (unpaired) electrons. The molecule has 3 nitrogen and oxygen atoms in total. The normalized spacial score (nSPS) is 13.4. The summed E-state index contributed by atoms with van der Waals surface area (Å²) >= 11 is 5.83. The second kappa shape index (κ2) is 12.3. The SMILES string of the molecule is COC(C)=O.Clc1ccc(N2CCCCC2)cc1.FC(F)(F)c1ccccc1. The van der Waals surface area contributed by atoms with Gasteiger partial charge in [0, 0.05) is 30.7 Å². The van der Waals surface area contributed by atoms with Crippen LogP contribution >= 0.6 is 11.6 Å². The molecule has 1 saturated heterocycles. The zero-order valence-electron chi connectivity index (χ0n) is 16.0. The first-order valence-corrected chi connectivity index (χ1v) is 9.29. The van der Waals surface area contributed by atoms with E-state index in [0.717, 1.165) is 17.2 Å². The van der Waals surface area contributed by atoms with Gasteiger partial charge in [0.05, 0.1) is 12.7 Å². The maximum absolute atomic E-state index is 11.8. The number of methoxy groups -OCH3 is 1. The summed E-state index contributed by atoms with van der Waals surface area (Å²) in [5.41, 5.74) is 0.707. The van der Waals surface area contributed by atoms with E-state index in [1.165, 1.54) is 64.2 Å². The van der Waals surface area contributed by atoms with E-state index in [2.05, 4.69) is 21.8 Å². The molecule has 0 atom stereocenters. The van der Waals surface area contributed by atoms with Gasteiger partial charge in [-0.25, -0.2) is 0 Å². The Morgan fingerprint density at radius 1 is 0.964 bits per heavy atom. The van der Waals surface area contributed by atoms with Crippen molar-refractivity contribution in [1.29, 1.82) is 0 Å². The summed E-state index contributed by atoms with van der Waals surface area (Å²) in [4.78, 5) is 12.0. The molecule has 28 heavy (non-hydrogen) atoms. The van der Waals surface area contributed by atoms with Crippen molar-refractivity contribution in [2.24, 2.45) is 0 Å². The molecule has 0 spiro atoms. The van der Waals surface area contributed by atoms with Crippen molar-refractivity contribution in [3.8, 4) is 0 Å². The average Bonchev–Trinajstić information content (AvgIpc) is 2.70. The molecule has 2 aromatic rings. The number of ether oxygens (including phenoxy) is 1. The van der Waals surface area contributed by atoms with Gasteiger partial charge >= 0.3 is 12.1 Å². The van der Waals surface area contributed by atoms with Crippen LogP contribution in [0.25, 0.3) is 0 Å². The van der Waals surface area contributed by atoms with Crippen molar-refractivity contribution >= 4 is 23.3 Å².